The van der Waals surface area contributed by atoms with E-state index in [2.05, 4.69) is 16.0 Å². The Bertz CT molecular complexity index is 1860. The van der Waals surface area contributed by atoms with Gasteiger partial charge in [-0.25, -0.2) is 0 Å². The van der Waals surface area contributed by atoms with Gasteiger partial charge in [0.05, 0.1) is 11.3 Å². The van der Waals surface area contributed by atoms with Gasteiger partial charge in [0.1, 0.15) is 10.9 Å². The summed E-state index contributed by atoms with van der Waals surface area (Å²) in [6.45, 7) is 0. The van der Waals surface area contributed by atoms with Crippen LogP contribution >= 0.6 is 11.8 Å². The summed E-state index contributed by atoms with van der Waals surface area (Å²) < 4.78 is 0. The normalized spacial score (nSPS) is 11.6. The predicted molar refractivity (Wildman–Crippen MR) is 182 cm³/mol. The van der Waals surface area contributed by atoms with Crippen molar-refractivity contribution in [1.29, 1.82) is 0 Å². The number of rotatable bonds is 11. The maximum Gasteiger partial charge on any atom is 0.272 e. The monoisotopic (exact) mass is 626 g/mol. The van der Waals surface area contributed by atoms with Crippen LogP contribution in [0.1, 0.15) is 37.1 Å². The van der Waals surface area contributed by atoms with Gasteiger partial charge in [-0.1, -0.05) is 91.0 Å². The fourth-order valence-electron chi connectivity index (χ4n) is 4.52. The number of thioether (sulfide) groups is 1. The van der Waals surface area contributed by atoms with Gasteiger partial charge in [-0.05, 0) is 65.7 Å². The van der Waals surface area contributed by atoms with E-state index in [0.29, 0.717) is 16.9 Å². The second-order valence-corrected chi connectivity index (χ2v) is 11.3. The molecule has 0 saturated carbocycles. The van der Waals surface area contributed by atoms with Crippen LogP contribution in [0, 0.1) is 0 Å². The largest absolute Gasteiger partial charge is 0.366 e. The van der Waals surface area contributed by atoms with E-state index >= 15 is 0 Å². The fourth-order valence-corrected chi connectivity index (χ4v) is 5.54. The second-order valence-electron chi connectivity index (χ2n) is 10.1. The molecule has 8 nitrogen and oxygen atoms in total. The highest BCUT2D eigenvalue weighted by atomic mass is 32.2. The zero-order valence-corrected chi connectivity index (χ0v) is 25.4. The van der Waals surface area contributed by atoms with Gasteiger partial charge in [-0.2, -0.15) is 0 Å². The highest BCUT2D eigenvalue weighted by Gasteiger charge is 2.24. The van der Waals surface area contributed by atoms with Gasteiger partial charge >= 0.3 is 0 Å². The molecule has 5 N–H and O–H groups in total. The maximum absolute atomic E-state index is 13.5. The Balaban J connectivity index is 1.33. The van der Waals surface area contributed by atoms with Crippen molar-refractivity contribution >= 4 is 52.8 Å². The molecule has 1 atom stereocenters. The Hall–Kier alpha value is -5.93. The summed E-state index contributed by atoms with van der Waals surface area (Å²) in [5.74, 6) is -1.87. The number of hydrogen-bond donors (Lipinski definition) is 4. The SMILES string of the molecule is NC(=O)c1ccccc1NC(=O)C(Sc1ccc(NC(=O)/C(=C/c2ccccc2)NC(=O)c2ccccc2)cc1)c1ccccc1. The molecule has 0 heterocycles. The molecular weight excluding hydrogens is 596 g/mol. The summed E-state index contributed by atoms with van der Waals surface area (Å²) in [6, 6.07) is 40.8. The second kappa shape index (κ2) is 15.2. The maximum atomic E-state index is 13.5. The summed E-state index contributed by atoms with van der Waals surface area (Å²) >= 11 is 1.32. The van der Waals surface area contributed by atoms with Gasteiger partial charge < -0.3 is 21.7 Å². The smallest absolute Gasteiger partial charge is 0.272 e. The first-order valence-electron chi connectivity index (χ1n) is 14.3. The van der Waals surface area contributed by atoms with E-state index in [1.165, 1.54) is 11.8 Å². The van der Waals surface area contributed by atoms with Gasteiger partial charge in [-0.15, -0.1) is 11.8 Å². The van der Waals surface area contributed by atoms with Crippen molar-refractivity contribution in [2.24, 2.45) is 5.73 Å². The number of carbonyl (C=O) groups excluding carboxylic acids is 4. The number of hydrogen-bond acceptors (Lipinski definition) is 5. The van der Waals surface area contributed by atoms with Gasteiger partial charge in [0.2, 0.25) is 5.91 Å². The first-order valence-corrected chi connectivity index (χ1v) is 15.2. The fraction of sp³-hybridized carbons (Fsp3) is 0.0270. The van der Waals surface area contributed by atoms with Crippen LogP contribution in [0.2, 0.25) is 0 Å². The van der Waals surface area contributed by atoms with Crippen LogP contribution in [0.4, 0.5) is 11.4 Å². The van der Waals surface area contributed by atoms with Crippen LogP contribution in [0.15, 0.2) is 150 Å². The van der Waals surface area contributed by atoms with Gasteiger partial charge in [0, 0.05) is 16.1 Å². The lowest BCUT2D eigenvalue weighted by atomic mass is 10.1. The van der Waals surface area contributed by atoms with Crippen LogP contribution in [0.3, 0.4) is 0 Å². The lowest BCUT2D eigenvalue weighted by Gasteiger charge is -2.18. The van der Waals surface area contributed by atoms with E-state index in [-0.39, 0.29) is 17.2 Å². The zero-order chi connectivity index (χ0) is 32.3. The summed E-state index contributed by atoms with van der Waals surface area (Å²) in [5, 5.41) is 7.78. The van der Waals surface area contributed by atoms with Crippen LogP contribution in [-0.2, 0) is 9.59 Å². The van der Waals surface area contributed by atoms with Gasteiger partial charge in [0.15, 0.2) is 0 Å². The molecule has 0 radical (unpaired) electrons. The first kappa shape index (κ1) is 31.5. The van der Waals surface area contributed by atoms with E-state index in [4.69, 9.17) is 5.73 Å². The molecule has 9 heteroatoms. The van der Waals surface area contributed by atoms with Crippen LogP contribution < -0.4 is 21.7 Å². The van der Waals surface area contributed by atoms with Crippen molar-refractivity contribution in [2.75, 3.05) is 10.6 Å². The number of para-hydroxylation sites is 1. The predicted octanol–water partition coefficient (Wildman–Crippen LogP) is 6.67. The third-order valence-corrected chi connectivity index (χ3v) is 8.06. The molecule has 228 valence electrons. The molecule has 0 aliphatic heterocycles. The molecule has 0 aliphatic rings. The van der Waals surface area contributed by atoms with E-state index in [0.717, 1.165) is 16.0 Å². The number of carbonyl (C=O) groups is 4. The molecule has 0 spiro atoms. The van der Waals surface area contributed by atoms with E-state index in [1.54, 1.807) is 78.9 Å². The molecule has 0 bridgehead atoms. The van der Waals surface area contributed by atoms with E-state index in [9.17, 15) is 19.2 Å². The number of nitrogens with two attached hydrogens (primary N) is 1. The van der Waals surface area contributed by atoms with Gasteiger partial charge in [0.25, 0.3) is 17.7 Å². The third kappa shape index (κ3) is 8.37. The minimum atomic E-state index is -0.656. The van der Waals surface area contributed by atoms with E-state index in [1.807, 2.05) is 66.7 Å². The Morgan fingerprint density at radius 2 is 1.24 bits per heavy atom. The van der Waals surface area contributed by atoms with E-state index < -0.39 is 23.0 Å². The highest BCUT2D eigenvalue weighted by molar-refractivity contribution is 8.00. The van der Waals surface area contributed by atoms with Gasteiger partial charge in [-0.3, -0.25) is 19.2 Å². The Morgan fingerprint density at radius 3 is 1.89 bits per heavy atom. The summed E-state index contributed by atoms with van der Waals surface area (Å²) in [7, 11) is 0. The zero-order valence-electron chi connectivity index (χ0n) is 24.6. The molecule has 0 aliphatic carbocycles. The first-order chi connectivity index (χ1) is 22.4. The van der Waals surface area contributed by atoms with Crippen molar-refractivity contribution in [3.8, 4) is 0 Å². The lowest BCUT2D eigenvalue weighted by molar-refractivity contribution is -0.116. The highest BCUT2D eigenvalue weighted by Crippen LogP contribution is 2.37. The molecule has 0 fully saturated rings. The third-order valence-electron chi connectivity index (χ3n) is 6.80. The van der Waals surface area contributed by atoms with Crippen LogP contribution in [-0.4, -0.2) is 23.6 Å². The van der Waals surface area contributed by atoms with Crippen molar-refractivity contribution in [1.82, 2.24) is 5.32 Å². The van der Waals surface area contributed by atoms with Crippen LogP contribution in [0.25, 0.3) is 6.08 Å². The minimum absolute atomic E-state index is 0.0792. The Kier molecular flexibility index (Phi) is 10.4. The Morgan fingerprint density at radius 1 is 0.652 bits per heavy atom. The summed E-state index contributed by atoms with van der Waals surface area (Å²) in [5.41, 5.74) is 8.57. The van der Waals surface area contributed by atoms with Crippen molar-refractivity contribution < 1.29 is 19.2 Å². The Labute approximate surface area is 270 Å². The lowest BCUT2D eigenvalue weighted by Crippen LogP contribution is -2.30. The number of primary amides is 1. The van der Waals surface area contributed by atoms with Crippen molar-refractivity contribution in [2.45, 2.75) is 10.1 Å². The molecule has 5 rings (SSSR count). The average molecular weight is 627 g/mol. The van der Waals surface area contributed by atoms with Crippen LogP contribution in [0.5, 0.6) is 0 Å². The number of anilines is 2. The molecule has 0 saturated heterocycles. The molecule has 0 aromatic heterocycles. The standard InChI is InChI=1S/C37H30N4O4S/c38-34(42)30-18-10-11-19-31(30)40-37(45)33(26-14-6-2-7-15-26)46-29-22-20-28(21-23-29)39-36(44)32(24-25-12-4-1-5-13-25)41-35(43)27-16-8-3-9-17-27/h1-24,33H,(H2,38,42)(H,39,44)(H,40,45)(H,41,43)/b32-24-. The van der Waals surface area contributed by atoms with Crippen molar-refractivity contribution in [3.05, 3.63) is 167 Å². The topological polar surface area (TPSA) is 130 Å². The minimum Gasteiger partial charge on any atom is -0.366 e. The number of amides is 4. The molecule has 46 heavy (non-hydrogen) atoms. The summed E-state index contributed by atoms with van der Waals surface area (Å²) in [6.07, 6.45) is 1.61. The van der Waals surface area contributed by atoms with Crippen molar-refractivity contribution in [3.63, 3.8) is 0 Å². The molecule has 4 amide bonds. The molecular formula is C37H30N4O4S. The quantitative estimate of drug-likeness (QED) is 0.0962. The molecule has 1 unspecified atom stereocenters. The molecule has 5 aromatic carbocycles. The number of benzene rings is 5. The number of nitrogens with one attached hydrogen (secondary N) is 3. The average Bonchev–Trinajstić information content (AvgIpc) is 3.09. The molecule has 5 aromatic rings. The summed E-state index contributed by atoms with van der Waals surface area (Å²) in [4.78, 5) is 52.5.